The van der Waals surface area contributed by atoms with Gasteiger partial charge in [-0.2, -0.15) is 10.2 Å². The van der Waals surface area contributed by atoms with E-state index in [-0.39, 0.29) is 22.6 Å². The molecule has 0 atom stereocenters. The fraction of sp³-hybridized carbons (Fsp3) is 0.365. The van der Waals surface area contributed by atoms with Crippen molar-refractivity contribution >= 4 is 29.3 Å². The summed E-state index contributed by atoms with van der Waals surface area (Å²) in [5.74, 6) is 0.451. The van der Waals surface area contributed by atoms with E-state index in [0.29, 0.717) is 41.7 Å². The van der Waals surface area contributed by atoms with Gasteiger partial charge < -0.3 is 23.7 Å². The molecule has 5 aromatic carbocycles. The molecular formula is C52H60N2O8. The van der Waals surface area contributed by atoms with Gasteiger partial charge >= 0.3 is 17.9 Å². The summed E-state index contributed by atoms with van der Waals surface area (Å²) in [4.78, 5) is 38.7. The molecule has 0 radical (unpaired) electrons. The largest absolute Gasteiger partial charge is 0.494 e. The van der Waals surface area contributed by atoms with Crippen molar-refractivity contribution < 1.29 is 38.1 Å². The lowest BCUT2D eigenvalue weighted by Crippen LogP contribution is -2.11. The van der Waals surface area contributed by atoms with Gasteiger partial charge in [-0.25, -0.2) is 14.4 Å². The summed E-state index contributed by atoms with van der Waals surface area (Å²) in [5.41, 5.74) is 2.11. The van der Waals surface area contributed by atoms with Crippen molar-refractivity contribution in [3.63, 3.8) is 0 Å². The minimum absolute atomic E-state index is 0.188. The first-order valence-electron chi connectivity index (χ1n) is 22.2. The van der Waals surface area contributed by atoms with Crippen LogP contribution in [-0.4, -0.2) is 31.1 Å². The van der Waals surface area contributed by atoms with Crippen LogP contribution in [0.2, 0.25) is 0 Å². The molecule has 5 rings (SSSR count). The molecule has 0 bridgehead atoms. The standard InChI is InChI=1S/C52H60N2O8/c1-3-5-7-9-11-13-15-17-37-58-45-31-25-42(26-32-45)52(57)62-49-20-18-19-48(39-49)61-51(56)41-23-21-40(22-24-41)50(55)60-47-35-29-44(30-36-47)54-53-43-27-33-46(34-28-43)59-38-16-14-12-10-8-6-4-2/h18-36,39H,3-17,37-38H2,1-2H3. The van der Waals surface area contributed by atoms with E-state index in [0.717, 1.165) is 25.0 Å². The van der Waals surface area contributed by atoms with Crippen LogP contribution in [-0.2, 0) is 0 Å². The minimum Gasteiger partial charge on any atom is -0.494 e. The van der Waals surface area contributed by atoms with Gasteiger partial charge in [-0.05, 0) is 122 Å². The zero-order valence-corrected chi connectivity index (χ0v) is 36.2. The molecule has 62 heavy (non-hydrogen) atoms. The molecule has 0 aromatic heterocycles. The van der Waals surface area contributed by atoms with Crippen LogP contribution in [0.15, 0.2) is 132 Å². The second kappa shape index (κ2) is 26.8. The van der Waals surface area contributed by atoms with Crippen LogP contribution < -0.4 is 23.7 Å². The van der Waals surface area contributed by atoms with Crippen LogP contribution in [0, 0.1) is 0 Å². The molecule has 0 saturated heterocycles. The number of azo groups is 1. The van der Waals surface area contributed by atoms with Gasteiger partial charge in [-0.1, -0.05) is 103 Å². The molecule has 0 amide bonds. The zero-order valence-electron chi connectivity index (χ0n) is 36.2. The third kappa shape index (κ3) is 17.0. The van der Waals surface area contributed by atoms with Crippen LogP contribution in [0.5, 0.6) is 28.7 Å². The fourth-order valence-corrected chi connectivity index (χ4v) is 6.51. The Labute approximate surface area is 366 Å². The predicted molar refractivity (Wildman–Crippen MR) is 243 cm³/mol. The molecule has 0 heterocycles. The minimum atomic E-state index is -0.649. The molecule has 10 nitrogen and oxygen atoms in total. The molecular weight excluding hydrogens is 781 g/mol. The molecule has 0 aliphatic rings. The average molecular weight is 841 g/mol. The Kier molecular flexibility index (Phi) is 20.2. The molecule has 0 aliphatic heterocycles. The van der Waals surface area contributed by atoms with Crippen molar-refractivity contribution in [2.75, 3.05) is 13.2 Å². The highest BCUT2D eigenvalue weighted by atomic mass is 16.5. The second-order valence-corrected chi connectivity index (χ2v) is 15.2. The SMILES string of the molecule is CCCCCCCCCCOc1ccc(C(=O)Oc2cccc(OC(=O)c3ccc(C(=O)Oc4ccc(N=Nc5ccc(OCCCCCCCCC)cc5)cc4)cc3)c2)cc1. The highest BCUT2D eigenvalue weighted by Gasteiger charge is 2.15. The van der Waals surface area contributed by atoms with Gasteiger partial charge in [0.15, 0.2) is 0 Å². The van der Waals surface area contributed by atoms with E-state index in [2.05, 4.69) is 24.1 Å². The van der Waals surface area contributed by atoms with Crippen molar-refractivity contribution in [1.29, 1.82) is 0 Å². The Hall–Kier alpha value is -6.29. The number of carbonyl (C=O) groups excluding carboxylic acids is 3. The normalized spacial score (nSPS) is 11.0. The maximum Gasteiger partial charge on any atom is 0.343 e. The number of nitrogens with zero attached hydrogens (tertiary/aromatic N) is 2. The topological polar surface area (TPSA) is 122 Å². The Morgan fingerprint density at radius 3 is 1.10 bits per heavy atom. The number of rotatable bonds is 27. The number of ether oxygens (including phenoxy) is 5. The maximum absolute atomic E-state index is 12.9. The smallest absolute Gasteiger partial charge is 0.343 e. The van der Waals surface area contributed by atoms with Gasteiger partial charge in [0, 0.05) is 6.07 Å². The van der Waals surface area contributed by atoms with Crippen molar-refractivity contribution in [1.82, 2.24) is 0 Å². The number of esters is 3. The van der Waals surface area contributed by atoms with Crippen molar-refractivity contribution in [3.05, 3.63) is 138 Å². The van der Waals surface area contributed by atoms with Gasteiger partial charge in [0.25, 0.3) is 0 Å². The lowest BCUT2D eigenvalue weighted by Gasteiger charge is -2.09. The van der Waals surface area contributed by atoms with Gasteiger partial charge in [0.05, 0.1) is 41.3 Å². The summed E-state index contributed by atoms with van der Waals surface area (Å²) in [6.07, 6.45) is 18.6. The first-order valence-corrected chi connectivity index (χ1v) is 22.2. The molecule has 0 unspecified atom stereocenters. The van der Waals surface area contributed by atoms with E-state index in [1.54, 1.807) is 66.7 Å². The van der Waals surface area contributed by atoms with Gasteiger partial charge in [0.2, 0.25) is 0 Å². The summed E-state index contributed by atoms with van der Waals surface area (Å²) < 4.78 is 28.3. The van der Waals surface area contributed by atoms with E-state index in [9.17, 15) is 14.4 Å². The molecule has 0 fully saturated rings. The molecule has 0 aliphatic carbocycles. The number of hydrogen-bond donors (Lipinski definition) is 0. The third-order valence-corrected chi connectivity index (χ3v) is 10.1. The van der Waals surface area contributed by atoms with Gasteiger partial charge in [-0.3, -0.25) is 0 Å². The molecule has 5 aromatic rings. The molecule has 0 N–H and O–H groups in total. The van der Waals surface area contributed by atoms with E-state index < -0.39 is 17.9 Å². The maximum atomic E-state index is 12.9. The number of carbonyl (C=O) groups is 3. The highest BCUT2D eigenvalue weighted by molar-refractivity contribution is 5.95. The van der Waals surface area contributed by atoms with E-state index >= 15 is 0 Å². The first kappa shape index (κ1) is 46.8. The summed E-state index contributed by atoms with van der Waals surface area (Å²) in [6, 6.07) is 33.2. The Morgan fingerprint density at radius 1 is 0.371 bits per heavy atom. The third-order valence-electron chi connectivity index (χ3n) is 10.1. The number of benzene rings is 5. The monoisotopic (exact) mass is 840 g/mol. The molecule has 10 heteroatoms. The van der Waals surface area contributed by atoms with E-state index in [4.69, 9.17) is 23.7 Å². The summed E-state index contributed by atoms with van der Waals surface area (Å²) in [7, 11) is 0. The number of unbranched alkanes of at least 4 members (excludes halogenated alkanes) is 13. The first-order chi connectivity index (χ1) is 30.4. The Morgan fingerprint density at radius 2 is 0.694 bits per heavy atom. The van der Waals surface area contributed by atoms with Crippen LogP contribution in [0.1, 0.15) is 141 Å². The predicted octanol–water partition coefficient (Wildman–Crippen LogP) is 14.4. The van der Waals surface area contributed by atoms with Gasteiger partial charge in [0.1, 0.15) is 28.7 Å². The highest BCUT2D eigenvalue weighted by Crippen LogP contribution is 2.25. The van der Waals surface area contributed by atoms with Crippen LogP contribution in [0.4, 0.5) is 11.4 Å². The lowest BCUT2D eigenvalue weighted by molar-refractivity contribution is 0.0716. The summed E-state index contributed by atoms with van der Waals surface area (Å²) in [6.45, 7) is 5.80. The van der Waals surface area contributed by atoms with Gasteiger partial charge in [-0.15, -0.1) is 0 Å². The van der Waals surface area contributed by atoms with Crippen LogP contribution in [0.25, 0.3) is 0 Å². The van der Waals surface area contributed by atoms with Crippen LogP contribution >= 0.6 is 0 Å². The van der Waals surface area contributed by atoms with Crippen LogP contribution in [0.3, 0.4) is 0 Å². The van der Waals surface area contributed by atoms with Crippen molar-refractivity contribution in [2.45, 2.75) is 110 Å². The van der Waals surface area contributed by atoms with Crippen molar-refractivity contribution in [3.8, 4) is 28.7 Å². The summed E-state index contributed by atoms with van der Waals surface area (Å²) in [5, 5.41) is 8.58. The molecule has 0 spiro atoms. The molecule has 326 valence electrons. The fourth-order valence-electron chi connectivity index (χ4n) is 6.51. The molecule has 0 saturated carbocycles. The van der Waals surface area contributed by atoms with E-state index in [1.165, 1.54) is 107 Å². The zero-order chi connectivity index (χ0) is 43.6. The Bertz CT molecular complexity index is 2110. The number of hydrogen-bond acceptors (Lipinski definition) is 10. The Balaban J connectivity index is 1.01. The summed E-state index contributed by atoms with van der Waals surface area (Å²) >= 11 is 0. The second-order valence-electron chi connectivity index (χ2n) is 15.2. The average Bonchev–Trinajstić information content (AvgIpc) is 3.30. The van der Waals surface area contributed by atoms with E-state index in [1.807, 2.05) is 24.3 Å². The quantitative estimate of drug-likeness (QED) is 0.0222. The van der Waals surface area contributed by atoms with Crippen molar-refractivity contribution in [2.24, 2.45) is 10.2 Å². The lowest BCUT2D eigenvalue weighted by atomic mass is 10.1.